The van der Waals surface area contributed by atoms with Crippen molar-refractivity contribution in [3.05, 3.63) is 23.3 Å². The average molecular weight is 217 g/mol. The maximum atomic E-state index is 9.00. The van der Waals surface area contributed by atoms with Gasteiger partial charge in [0.25, 0.3) is 5.88 Å². The third-order valence-electron chi connectivity index (χ3n) is 2.27. The standard InChI is InChI=1S/C11H11N3O2/c1-7-2-3-8(6-13)9-10(7)16-14-11(9)15-5-4-12/h2-3H,4-5,12H2,1H3. The third-order valence-corrected chi connectivity index (χ3v) is 2.27. The molecule has 0 atom stereocenters. The van der Waals surface area contributed by atoms with E-state index in [1.54, 1.807) is 6.07 Å². The number of fused-ring (bicyclic) bond motifs is 1. The maximum absolute atomic E-state index is 9.00. The highest BCUT2D eigenvalue weighted by Crippen LogP contribution is 2.30. The number of rotatable bonds is 3. The second-order valence-electron chi connectivity index (χ2n) is 3.37. The number of benzene rings is 1. The van der Waals surface area contributed by atoms with Gasteiger partial charge >= 0.3 is 0 Å². The van der Waals surface area contributed by atoms with Gasteiger partial charge in [-0.15, -0.1) is 0 Å². The van der Waals surface area contributed by atoms with Gasteiger partial charge in [-0.3, -0.25) is 0 Å². The number of hydrogen-bond donors (Lipinski definition) is 1. The SMILES string of the molecule is Cc1ccc(C#N)c2c(OCCN)noc12. The Morgan fingerprint density at radius 2 is 2.38 bits per heavy atom. The van der Waals surface area contributed by atoms with E-state index in [4.69, 9.17) is 20.3 Å². The predicted octanol–water partition coefficient (Wildman–Crippen LogP) is 1.35. The summed E-state index contributed by atoms with van der Waals surface area (Å²) in [6.45, 7) is 2.63. The van der Waals surface area contributed by atoms with Gasteiger partial charge in [-0.05, 0) is 23.7 Å². The fraction of sp³-hybridized carbons (Fsp3) is 0.273. The summed E-state index contributed by atoms with van der Waals surface area (Å²) >= 11 is 0. The van der Waals surface area contributed by atoms with Crippen LogP contribution in [-0.2, 0) is 0 Å². The lowest BCUT2D eigenvalue weighted by molar-refractivity contribution is 0.293. The Balaban J connectivity index is 2.60. The van der Waals surface area contributed by atoms with Crippen LogP contribution >= 0.6 is 0 Å². The largest absolute Gasteiger partial charge is 0.474 e. The molecule has 1 aromatic carbocycles. The topological polar surface area (TPSA) is 85.1 Å². The number of aromatic nitrogens is 1. The van der Waals surface area contributed by atoms with Crippen LogP contribution in [0.1, 0.15) is 11.1 Å². The summed E-state index contributed by atoms with van der Waals surface area (Å²) in [6.07, 6.45) is 0. The zero-order chi connectivity index (χ0) is 11.5. The Morgan fingerprint density at radius 1 is 1.56 bits per heavy atom. The third kappa shape index (κ3) is 1.59. The lowest BCUT2D eigenvalue weighted by Crippen LogP contribution is -2.10. The van der Waals surface area contributed by atoms with Crippen LogP contribution in [0, 0.1) is 18.3 Å². The van der Waals surface area contributed by atoms with E-state index in [-0.39, 0.29) is 0 Å². The molecule has 2 aromatic rings. The zero-order valence-corrected chi connectivity index (χ0v) is 8.86. The van der Waals surface area contributed by atoms with Crippen LogP contribution in [0.3, 0.4) is 0 Å². The fourth-order valence-corrected chi connectivity index (χ4v) is 1.50. The Labute approximate surface area is 92.4 Å². The summed E-state index contributed by atoms with van der Waals surface area (Å²) in [5.74, 6) is 0.334. The molecule has 1 aromatic heterocycles. The number of ether oxygens (including phenoxy) is 1. The van der Waals surface area contributed by atoms with Crippen LogP contribution in [0.2, 0.25) is 0 Å². The van der Waals surface area contributed by atoms with Crippen LogP contribution in [0.4, 0.5) is 0 Å². The minimum absolute atomic E-state index is 0.334. The van der Waals surface area contributed by atoms with Crippen molar-refractivity contribution in [3.63, 3.8) is 0 Å². The summed E-state index contributed by atoms with van der Waals surface area (Å²) in [4.78, 5) is 0. The van der Waals surface area contributed by atoms with Crippen molar-refractivity contribution in [1.29, 1.82) is 5.26 Å². The molecule has 1 heterocycles. The molecule has 0 saturated heterocycles. The first kappa shape index (κ1) is 10.5. The molecule has 0 aliphatic carbocycles. The van der Waals surface area contributed by atoms with Crippen LogP contribution in [0.15, 0.2) is 16.7 Å². The van der Waals surface area contributed by atoms with Gasteiger partial charge in [0.2, 0.25) is 0 Å². The van der Waals surface area contributed by atoms with E-state index in [2.05, 4.69) is 11.2 Å². The molecule has 0 amide bonds. The molecule has 2 N–H and O–H groups in total. The summed E-state index contributed by atoms with van der Waals surface area (Å²) in [5.41, 5.74) is 7.34. The van der Waals surface area contributed by atoms with Gasteiger partial charge < -0.3 is 15.0 Å². The van der Waals surface area contributed by atoms with Crippen molar-refractivity contribution in [2.45, 2.75) is 6.92 Å². The van der Waals surface area contributed by atoms with E-state index >= 15 is 0 Å². The monoisotopic (exact) mass is 217 g/mol. The van der Waals surface area contributed by atoms with Gasteiger partial charge in [0.1, 0.15) is 18.1 Å². The average Bonchev–Trinajstić information content (AvgIpc) is 2.72. The molecule has 0 radical (unpaired) electrons. The quantitative estimate of drug-likeness (QED) is 0.838. The van der Waals surface area contributed by atoms with Crippen molar-refractivity contribution < 1.29 is 9.26 Å². The minimum Gasteiger partial charge on any atom is -0.474 e. The number of nitrogens with two attached hydrogens (primary N) is 1. The molecule has 0 spiro atoms. The van der Waals surface area contributed by atoms with Crippen LogP contribution in [0.5, 0.6) is 5.88 Å². The highest BCUT2D eigenvalue weighted by atomic mass is 16.5. The second-order valence-corrected chi connectivity index (χ2v) is 3.37. The number of nitriles is 1. The molecule has 0 aliphatic rings. The van der Waals surface area contributed by atoms with Gasteiger partial charge in [-0.25, -0.2) is 0 Å². The van der Waals surface area contributed by atoms with E-state index < -0.39 is 0 Å². The Kier molecular flexibility index (Phi) is 2.75. The molecule has 0 saturated carbocycles. The summed E-state index contributed by atoms with van der Waals surface area (Å²) < 4.78 is 10.5. The Bertz CT molecular complexity index is 554. The van der Waals surface area contributed by atoms with Gasteiger partial charge in [0.15, 0.2) is 5.58 Å². The molecule has 82 valence electrons. The molecular formula is C11H11N3O2. The van der Waals surface area contributed by atoms with E-state index in [1.807, 2.05) is 13.0 Å². The zero-order valence-electron chi connectivity index (χ0n) is 8.86. The fourth-order valence-electron chi connectivity index (χ4n) is 1.50. The highest BCUT2D eigenvalue weighted by molar-refractivity contribution is 5.90. The van der Waals surface area contributed by atoms with E-state index in [9.17, 15) is 0 Å². The van der Waals surface area contributed by atoms with Crippen molar-refractivity contribution in [1.82, 2.24) is 5.16 Å². The lowest BCUT2D eigenvalue weighted by Gasteiger charge is -2.00. The van der Waals surface area contributed by atoms with Crippen molar-refractivity contribution in [2.24, 2.45) is 5.73 Å². The maximum Gasteiger partial charge on any atom is 0.263 e. The van der Waals surface area contributed by atoms with Gasteiger partial charge in [0, 0.05) is 6.54 Å². The normalized spacial score (nSPS) is 10.3. The van der Waals surface area contributed by atoms with E-state index in [0.717, 1.165) is 5.56 Å². The Hall–Kier alpha value is -2.06. The molecule has 2 rings (SSSR count). The minimum atomic E-state index is 0.334. The van der Waals surface area contributed by atoms with Crippen molar-refractivity contribution in [3.8, 4) is 11.9 Å². The first-order chi connectivity index (χ1) is 7.77. The van der Waals surface area contributed by atoms with Gasteiger partial charge in [-0.2, -0.15) is 5.26 Å². The molecule has 16 heavy (non-hydrogen) atoms. The molecule has 5 nitrogen and oxygen atoms in total. The summed E-state index contributed by atoms with van der Waals surface area (Å²) in [6, 6.07) is 5.63. The molecule has 0 bridgehead atoms. The lowest BCUT2D eigenvalue weighted by atomic mass is 10.1. The highest BCUT2D eigenvalue weighted by Gasteiger charge is 2.15. The van der Waals surface area contributed by atoms with Crippen molar-refractivity contribution in [2.75, 3.05) is 13.2 Å². The molecule has 0 unspecified atom stereocenters. The number of aryl methyl sites for hydroxylation is 1. The molecule has 0 fully saturated rings. The first-order valence-corrected chi connectivity index (χ1v) is 4.90. The smallest absolute Gasteiger partial charge is 0.263 e. The molecule has 0 aliphatic heterocycles. The van der Waals surface area contributed by atoms with Crippen LogP contribution < -0.4 is 10.5 Å². The van der Waals surface area contributed by atoms with Crippen molar-refractivity contribution >= 4 is 11.0 Å². The van der Waals surface area contributed by atoms with E-state index in [0.29, 0.717) is 35.6 Å². The van der Waals surface area contributed by atoms with Crippen LogP contribution in [-0.4, -0.2) is 18.3 Å². The predicted molar refractivity (Wildman–Crippen MR) is 58.0 cm³/mol. The van der Waals surface area contributed by atoms with E-state index in [1.165, 1.54) is 0 Å². The first-order valence-electron chi connectivity index (χ1n) is 4.90. The van der Waals surface area contributed by atoms with Gasteiger partial charge in [0.05, 0.1) is 5.56 Å². The Morgan fingerprint density at radius 3 is 3.06 bits per heavy atom. The second kappa shape index (κ2) is 4.21. The van der Waals surface area contributed by atoms with Crippen LogP contribution in [0.25, 0.3) is 11.0 Å². The van der Waals surface area contributed by atoms with Gasteiger partial charge in [-0.1, -0.05) is 6.07 Å². The summed E-state index contributed by atoms with van der Waals surface area (Å²) in [5, 5.41) is 13.4. The molecule has 5 heteroatoms. The summed E-state index contributed by atoms with van der Waals surface area (Å²) in [7, 11) is 0. The number of hydrogen-bond acceptors (Lipinski definition) is 5. The number of nitrogens with zero attached hydrogens (tertiary/aromatic N) is 2. The molecular weight excluding hydrogens is 206 g/mol.